The predicted molar refractivity (Wildman–Crippen MR) is 74.8 cm³/mol. The molecular formula is C14H16N2O2S. The normalized spacial score (nSPS) is 16.1. The first kappa shape index (κ1) is 12.4. The fraction of sp³-hybridized carbons (Fsp3) is 0.357. The molecule has 0 radical (unpaired) electrons. The van der Waals surface area contributed by atoms with Crippen molar-refractivity contribution in [2.24, 2.45) is 0 Å². The molecule has 1 aliphatic heterocycles. The molecule has 1 saturated heterocycles. The molecule has 2 heterocycles. The Kier molecular flexibility index (Phi) is 3.66. The number of benzene rings is 1. The number of para-hydroxylation sites is 2. The molecule has 19 heavy (non-hydrogen) atoms. The van der Waals surface area contributed by atoms with E-state index in [-0.39, 0.29) is 6.10 Å². The van der Waals surface area contributed by atoms with Crippen LogP contribution < -0.4 is 9.47 Å². The number of likely N-dealkylation sites (tertiary alicyclic amines) is 1. The highest BCUT2D eigenvalue weighted by molar-refractivity contribution is 7.07. The minimum atomic E-state index is 0.245. The summed E-state index contributed by atoms with van der Waals surface area (Å²) in [7, 11) is 1.66. The molecule has 4 nitrogen and oxygen atoms in total. The maximum absolute atomic E-state index is 5.94. The second-order valence-corrected chi connectivity index (χ2v) is 5.28. The van der Waals surface area contributed by atoms with Crippen LogP contribution in [-0.2, 0) is 6.54 Å². The van der Waals surface area contributed by atoms with Gasteiger partial charge in [-0.2, -0.15) is 0 Å². The molecule has 2 aromatic rings. The number of nitrogens with zero attached hydrogens (tertiary/aromatic N) is 2. The van der Waals surface area contributed by atoms with Gasteiger partial charge in [-0.25, -0.2) is 4.98 Å². The van der Waals surface area contributed by atoms with Gasteiger partial charge in [-0.3, -0.25) is 4.90 Å². The van der Waals surface area contributed by atoms with Crippen LogP contribution in [0.1, 0.15) is 5.69 Å². The zero-order chi connectivity index (χ0) is 13.1. The smallest absolute Gasteiger partial charge is 0.161 e. The zero-order valence-corrected chi connectivity index (χ0v) is 11.6. The molecule has 1 aliphatic rings. The van der Waals surface area contributed by atoms with E-state index in [0.717, 1.165) is 36.8 Å². The van der Waals surface area contributed by atoms with Crippen molar-refractivity contribution in [1.29, 1.82) is 0 Å². The van der Waals surface area contributed by atoms with Gasteiger partial charge in [-0.05, 0) is 12.1 Å². The number of rotatable bonds is 5. The summed E-state index contributed by atoms with van der Waals surface area (Å²) in [6.45, 7) is 2.79. The van der Waals surface area contributed by atoms with Gasteiger partial charge in [0.2, 0.25) is 0 Å². The Bertz CT molecular complexity index is 524. The third-order valence-corrected chi connectivity index (χ3v) is 3.79. The van der Waals surface area contributed by atoms with Crippen molar-refractivity contribution in [1.82, 2.24) is 9.88 Å². The second-order valence-electron chi connectivity index (χ2n) is 4.56. The van der Waals surface area contributed by atoms with Gasteiger partial charge in [0.25, 0.3) is 0 Å². The van der Waals surface area contributed by atoms with E-state index in [9.17, 15) is 0 Å². The molecule has 0 spiro atoms. The van der Waals surface area contributed by atoms with E-state index in [2.05, 4.69) is 15.3 Å². The van der Waals surface area contributed by atoms with Crippen LogP contribution in [0.5, 0.6) is 11.5 Å². The molecule has 1 aromatic heterocycles. The van der Waals surface area contributed by atoms with E-state index in [1.807, 2.05) is 29.8 Å². The van der Waals surface area contributed by atoms with Gasteiger partial charge in [-0.1, -0.05) is 12.1 Å². The fourth-order valence-electron chi connectivity index (χ4n) is 2.17. The van der Waals surface area contributed by atoms with Gasteiger partial charge in [0.05, 0.1) is 18.3 Å². The standard InChI is InChI=1S/C14H16N2O2S/c1-17-13-4-2-3-5-14(13)18-12-7-16(8-12)6-11-9-19-10-15-11/h2-5,9-10,12H,6-8H2,1H3. The summed E-state index contributed by atoms with van der Waals surface area (Å²) in [5.41, 5.74) is 3.01. The van der Waals surface area contributed by atoms with Gasteiger partial charge in [0.1, 0.15) is 6.10 Å². The quantitative estimate of drug-likeness (QED) is 0.840. The van der Waals surface area contributed by atoms with Crippen molar-refractivity contribution < 1.29 is 9.47 Å². The van der Waals surface area contributed by atoms with Crippen molar-refractivity contribution in [3.63, 3.8) is 0 Å². The minimum absolute atomic E-state index is 0.245. The van der Waals surface area contributed by atoms with Crippen molar-refractivity contribution in [2.75, 3.05) is 20.2 Å². The topological polar surface area (TPSA) is 34.6 Å². The molecule has 100 valence electrons. The lowest BCUT2D eigenvalue weighted by molar-refractivity contribution is 0.0125. The van der Waals surface area contributed by atoms with E-state index in [4.69, 9.17) is 9.47 Å². The first-order chi connectivity index (χ1) is 9.35. The largest absolute Gasteiger partial charge is 0.493 e. The Balaban J connectivity index is 1.51. The molecule has 0 amide bonds. The molecule has 1 fully saturated rings. The molecular weight excluding hydrogens is 260 g/mol. The number of ether oxygens (including phenoxy) is 2. The SMILES string of the molecule is COc1ccccc1OC1CN(Cc2cscn2)C1. The monoisotopic (exact) mass is 276 g/mol. The number of aromatic nitrogens is 1. The molecule has 1 aromatic carbocycles. The van der Waals surface area contributed by atoms with Crippen LogP contribution in [0.15, 0.2) is 35.2 Å². The lowest BCUT2D eigenvalue weighted by Crippen LogP contribution is -2.53. The average molecular weight is 276 g/mol. The molecule has 0 N–H and O–H groups in total. The first-order valence-electron chi connectivity index (χ1n) is 6.24. The summed E-state index contributed by atoms with van der Waals surface area (Å²) < 4.78 is 11.2. The lowest BCUT2D eigenvalue weighted by atomic mass is 10.1. The Morgan fingerprint density at radius 1 is 1.32 bits per heavy atom. The average Bonchev–Trinajstić information content (AvgIpc) is 2.89. The van der Waals surface area contributed by atoms with Crippen molar-refractivity contribution in [3.8, 4) is 11.5 Å². The molecule has 0 saturated carbocycles. The summed E-state index contributed by atoms with van der Waals surface area (Å²) in [5.74, 6) is 1.61. The van der Waals surface area contributed by atoms with E-state index in [1.54, 1.807) is 18.4 Å². The van der Waals surface area contributed by atoms with Crippen LogP contribution >= 0.6 is 11.3 Å². The zero-order valence-electron chi connectivity index (χ0n) is 10.8. The van der Waals surface area contributed by atoms with Crippen LogP contribution in [0.3, 0.4) is 0 Å². The lowest BCUT2D eigenvalue weighted by Gasteiger charge is -2.38. The summed E-state index contributed by atoms with van der Waals surface area (Å²) >= 11 is 1.64. The summed E-state index contributed by atoms with van der Waals surface area (Å²) in [6.07, 6.45) is 0.245. The van der Waals surface area contributed by atoms with E-state index in [0.29, 0.717) is 0 Å². The predicted octanol–water partition coefficient (Wildman–Crippen LogP) is 2.41. The minimum Gasteiger partial charge on any atom is -0.493 e. The first-order valence-corrected chi connectivity index (χ1v) is 7.18. The molecule has 0 aliphatic carbocycles. The highest BCUT2D eigenvalue weighted by Crippen LogP contribution is 2.28. The van der Waals surface area contributed by atoms with Crippen molar-refractivity contribution in [2.45, 2.75) is 12.6 Å². The molecule has 0 unspecified atom stereocenters. The molecule has 0 bridgehead atoms. The molecule has 3 rings (SSSR count). The summed E-state index contributed by atoms with van der Waals surface area (Å²) in [4.78, 5) is 6.62. The summed E-state index contributed by atoms with van der Waals surface area (Å²) in [6, 6.07) is 7.77. The highest BCUT2D eigenvalue weighted by atomic mass is 32.1. The second kappa shape index (κ2) is 5.59. The van der Waals surface area contributed by atoms with Gasteiger partial charge in [0, 0.05) is 25.0 Å². The number of hydrogen-bond acceptors (Lipinski definition) is 5. The van der Waals surface area contributed by atoms with Crippen LogP contribution in [0, 0.1) is 0 Å². The Morgan fingerprint density at radius 2 is 2.11 bits per heavy atom. The van der Waals surface area contributed by atoms with Crippen LogP contribution in [0.4, 0.5) is 0 Å². The van der Waals surface area contributed by atoms with Crippen molar-refractivity contribution in [3.05, 3.63) is 40.8 Å². The number of hydrogen-bond donors (Lipinski definition) is 0. The Hall–Kier alpha value is -1.59. The Labute approximate surface area is 116 Å². The Morgan fingerprint density at radius 3 is 2.79 bits per heavy atom. The van der Waals surface area contributed by atoms with Crippen LogP contribution in [-0.4, -0.2) is 36.2 Å². The molecule has 0 atom stereocenters. The number of methoxy groups -OCH3 is 1. The van der Waals surface area contributed by atoms with E-state index >= 15 is 0 Å². The highest BCUT2D eigenvalue weighted by Gasteiger charge is 2.29. The van der Waals surface area contributed by atoms with Crippen molar-refractivity contribution >= 4 is 11.3 Å². The maximum Gasteiger partial charge on any atom is 0.161 e. The van der Waals surface area contributed by atoms with E-state index in [1.165, 1.54) is 0 Å². The third kappa shape index (κ3) is 2.88. The van der Waals surface area contributed by atoms with Gasteiger partial charge in [0.15, 0.2) is 11.5 Å². The summed E-state index contributed by atoms with van der Waals surface area (Å²) in [5, 5.41) is 2.09. The van der Waals surface area contributed by atoms with Gasteiger partial charge in [-0.15, -0.1) is 11.3 Å². The van der Waals surface area contributed by atoms with E-state index < -0.39 is 0 Å². The van der Waals surface area contributed by atoms with Gasteiger partial charge < -0.3 is 9.47 Å². The third-order valence-electron chi connectivity index (χ3n) is 3.16. The number of thiazole rings is 1. The maximum atomic E-state index is 5.94. The van der Waals surface area contributed by atoms with Crippen LogP contribution in [0.2, 0.25) is 0 Å². The fourth-order valence-corrected chi connectivity index (χ4v) is 2.72. The van der Waals surface area contributed by atoms with Crippen LogP contribution in [0.25, 0.3) is 0 Å². The molecule has 5 heteroatoms. The van der Waals surface area contributed by atoms with Gasteiger partial charge >= 0.3 is 0 Å².